The molecule has 120 valence electrons. The predicted octanol–water partition coefficient (Wildman–Crippen LogP) is 0.474. The second-order valence-electron chi connectivity index (χ2n) is 5.58. The van der Waals surface area contributed by atoms with Crippen LogP contribution in [0.25, 0.3) is 0 Å². The van der Waals surface area contributed by atoms with E-state index >= 15 is 0 Å². The van der Waals surface area contributed by atoms with Gasteiger partial charge in [-0.2, -0.15) is 0 Å². The smallest absolute Gasteiger partial charge is 0.237 e. The Morgan fingerprint density at radius 2 is 2.14 bits per heavy atom. The van der Waals surface area contributed by atoms with E-state index in [2.05, 4.69) is 5.32 Å². The second-order valence-corrected chi connectivity index (χ2v) is 5.58. The number of amides is 2. The van der Waals surface area contributed by atoms with E-state index in [0.717, 1.165) is 17.9 Å². The topological polar surface area (TPSA) is 61.9 Å². The fraction of sp³-hybridized carbons (Fsp3) is 0.500. The molecule has 0 saturated carbocycles. The van der Waals surface area contributed by atoms with Gasteiger partial charge in [-0.1, -0.05) is 18.2 Å². The van der Waals surface area contributed by atoms with Gasteiger partial charge in [-0.05, 0) is 6.07 Å². The number of carbonyl (C=O) groups excluding carboxylic acids is 2. The number of ether oxygens (including phenoxy) is 1. The van der Waals surface area contributed by atoms with Gasteiger partial charge in [-0.3, -0.25) is 14.5 Å². The van der Waals surface area contributed by atoms with Crippen molar-refractivity contribution in [2.45, 2.75) is 19.0 Å². The Labute approximate surface area is 131 Å². The molecule has 1 heterocycles. The standard InChI is InChI=1S/C16H23N3O3/c1-18(2)15(20)10-13-16(21)17-8-9-19(13)11-12-6-4-5-7-14(12)22-3/h4-7,13H,8-11H2,1-3H3,(H,17,21). The zero-order valence-electron chi connectivity index (χ0n) is 13.3. The van der Waals surface area contributed by atoms with Crippen LogP contribution in [0.5, 0.6) is 5.75 Å². The second kappa shape index (κ2) is 7.26. The SMILES string of the molecule is COc1ccccc1CN1CCNC(=O)C1CC(=O)N(C)C. The minimum atomic E-state index is -0.437. The summed E-state index contributed by atoms with van der Waals surface area (Å²) in [6.07, 6.45) is 0.188. The van der Waals surface area contributed by atoms with Crippen molar-refractivity contribution in [1.29, 1.82) is 0 Å². The normalized spacial score (nSPS) is 18.7. The lowest BCUT2D eigenvalue weighted by molar-refractivity contribution is -0.137. The lowest BCUT2D eigenvalue weighted by Gasteiger charge is -2.35. The molecule has 1 unspecified atom stereocenters. The van der Waals surface area contributed by atoms with E-state index in [1.54, 1.807) is 21.2 Å². The quantitative estimate of drug-likeness (QED) is 0.859. The van der Waals surface area contributed by atoms with Gasteiger partial charge in [0, 0.05) is 39.3 Å². The number of benzene rings is 1. The largest absolute Gasteiger partial charge is 0.496 e. The van der Waals surface area contributed by atoms with Gasteiger partial charge in [-0.25, -0.2) is 0 Å². The first-order chi connectivity index (χ1) is 10.5. The summed E-state index contributed by atoms with van der Waals surface area (Å²) in [7, 11) is 5.04. The van der Waals surface area contributed by atoms with Crippen LogP contribution in [0.1, 0.15) is 12.0 Å². The molecule has 0 aromatic heterocycles. The lowest BCUT2D eigenvalue weighted by atomic mass is 10.1. The van der Waals surface area contributed by atoms with Crippen molar-refractivity contribution in [3.63, 3.8) is 0 Å². The number of nitrogens with zero attached hydrogens (tertiary/aromatic N) is 2. The highest BCUT2D eigenvalue weighted by Crippen LogP contribution is 2.22. The van der Waals surface area contributed by atoms with Gasteiger partial charge in [0.1, 0.15) is 5.75 Å². The van der Waals surface area contributed by atoms with Crippen LogP contribution in [0, 0.1) is 0 Å². The molecule has 0 spiro atoms. The van der Waals surface area contributed by atoms with Crippen molar-refractivity contribution in [3.05, 3.63) is 29.8 Å². The van der Waals surface area contributed by atoms with Crippen molar-refractivity contribution >= 4 is 11.8 Å². The summed E-state index contributed by atoms with van der Waals surface area (Å²) in [6.45, 7) is 1.90. The first-order valence-corrected chi connectivity index (χ1v) is 7.36. The van der Waals surface area contributed by atoms with Gasteiger partial charge in [0.25, 0.3) is 0 Å². The predicted molar refractivity (Wildman–Crippen MR) is 83.5 cm³/mol. The number of carbonyl (C=O) groups is 2. The third-order valence-corrected chi connectivity index (χ3v) is 3.87. The molecule has 1 atom stereocenters. The van der Waals surface area contributed by atoms with E-state index < -0.39 is 6.04 Å². The number of nitrogens with one attached hydrogen (secondary N) is 1. The number of rotatable bonds is 5. The van der Waals surface area contributed by atoms with Crippen LogP contribution >= 0.6 is 0 Å². The summed E-state index contributed by atoms with van der Waals surface area (Å²) < 4.78 is 5.37. The highest BCUT2D eigenvalue weighted by atomic mass is 16.5. The molecule has 1 aromatic rings. The molecule has 1 N–H and O–H groups in total. The van der Waals surface area contributed by atoms with Gasteiger partial charge >= 0.3 is 0 Å². The maximum Gasteiger partial charge on any atom is 0.237 e. The number of hydrogen-bond donors (Lipinski definition) is 1. The van der Waals surface area contributed by atoms with Gasteiger partial charge < -0.3 is 15.0 Å². The van der Waals surface area contributed by atoms with Gasteiger partial charge in [0.15, 0.2) is 0 Å². The number of para-hydroxylation sites is 1. The molecule has 1 fully saturated rings. The molecule has 1 aromatic carbocycles. The molecule has 1 aliphatic heterocycles. The van der Waals surface area contributed by atoms with Crippen LogP contribution in [0.2, 0.25) is 0 Å². The van der Waals surface area contributed by atoms with Crippen molar-refractivity contribution in [2.24, 2.45) is 0 Å². The number of piperazine rings is 1. The summed E-state index contributed by atoms with van der Waals surface area (Å²) in [5.41, 5.74) is 1.02. The molecule has 1 aliphatic rings. The monoisotopic (exact) mass is 305 g/mol. The van der Waals surface area contributed by atoms with Crippen LogP contribution in [0.4, 0.5) is 0 Å². The summed E-state index contributed by atoms with van der Waals surface area (Å²) in [5, 5.41) is 2.84. The molecular formula is C16H23N3O3. The number of hydrogen-bond acceptors (Lipinski definition) is 4. The Hall–Kier alpha value is -2.08. The molecule has 1 saturated heterocycles. The summed E-state index contributed by atoms with van der Waals surface area (Å²) >= 11 is 0. The third kappa shape index (κ3) is 3.76. The van der Waals surface area contributed by atoms with E-state index in [9.17, 15) is 9.59 Å². The molecule has 0 radical (unpaired) electrons. The molecule has 2 rings (SSSR count). The molecular weight excluding hydrogens is 282 g/mol. The average Bonchev–Trinajstić information content (AvgIpc) is 2.51. The van der Waals surface area contributed by atoms with Gasteiger partial charge in [0.05, 0.1) is 19.6 Å². The maximum atomic E-state index is 12.2. The van der Waals surface area contributed by atoms with Gasteiger partial charge in [-0.15, -0.1) is 0 Å². The highest BCUT2D eigenvalue weighted by molar-refractivity contribution is 5.88. The zero-order chi connectivity index (χ0) is 16.1. The van der Waals surface area contributed by atoms with Crippen LogP contribution in [0.15, 0.2) is 24.3 Å². The first kappa shape index (κ1) is 16.3. The third-order valence-electron chi connectivity index (χ3n) is 3.87. The summed E-state index contributed by atoms with van der Waals surface area (Å²) in [4.78, 5) is 27.7. The van der Waals surface area contributed by atoms with E-state index in [0.29, 0.717) is 13.1 Å². The fourth-order valence-corrected chi connectivity index (χ4v) is 2.57. The van der Waals surface area contributed by atoms with Crippen molar-refractivity contribution in [2.75, 3.05) is 34.3 Å². The minimum absolute atomic E-state index is 0.0490. The summed E-state index contributed by atoms with van der Waals surface area (Å²) in [6, 6.07) is 7.31. The molecule has 6 heteroatoms. The molecule has 0 aliphatic carbocycles. The van der Waals surface area contributed by atoms with Crippen LogP contribution < -0.4 is 10.1 Å². The minimum Gasteiger partial charge on any atom is -0.496 e. The van der Waals surface area contributed by atoms with E-state index in [-0.39, 0.29) is 18.2 Å². The van der Waals surface area contributed by atoms with Crippen molar-refractivity contribution < 1.29 is 14.3 Å². The lowest BCUT2D eigenvalue weighted by Crippen LogP contribution is -2.56. The Kier molecular flexibility index (Phi) is 5.38. The van der Waals surface area contributed by atoms with E-state index in [4.69, 9.17) is 4.74 Å². The van der Waals surface area contributed by atoms with Crippen LogP contribution in [-0.4, -0.2) is 62.0 Å². The van der Waals surface area contributed by atoms with E-state index in [1.807, 2.05) is 29.2 Å². The number of methoxy groups -OCH3 is 1. The zero-order valence-corrected chi connectivity index (χ0v) is 13.3. The molecule has 2 amide bonds. The van der Waals surface area contributed by atoms with Crippen LogP contribution in [-0.2, 0) is 16.1 Å². The van der Waals surface area contributed by atoms with E-state index in [1.165, 1.54) is 4.90 Å². The van der Waals surface area contributed by atoms with Gasteiger partial charge in [0.2, 0.25) is 11.8 Å². The van der Waals surface area contributed by atoms with Crippen molar-refractivity contribution in [1.82, 2.24) is 15.1 Å². The van der Waals surface area contributed by atoms with Crippen molar-refractivity contribution in [3.8, 4) is 5.75 Å². The Morgan fingerprint density at radius 1 is 1.41 bits per heavy atom. The fourth-order valence-electron chi connectivity index (χ4n) is 2.57. The Morgan fingerprint density at radius 3 is 2.82 bits per heavy atom. The average molecular weight is 305 g/mol. The Balaban J connectivity index is 2.15. The van der Waals surface area contributed by atoms with Crippen LogP contribution in [0.3, 0.4) is 0 Å². The molecule has 0 bridgehead atoms. The maximum absolute atomic E-state index is 12.2. The molecule has 6 nitrogen and oxygen atoms in total. The highest BCUT2D eigenvalue weighted by Gasteiger charge is 2.32. The Bertz CT molecular complexity index is 545. The first-order valence-electron chi connectivity index (χ1n) is 7.36. The summed E-state index contributed by atoms with van der Waals surface area (Å²) in [5.74, 6) is 0.662. The molecule has 22 heavy (non-hydrogen) atoms.